The van der Waals surface area contributed by atoms with E-state index in [-0.39, 0.29) is 17.2 Å². The fourth-order valence-corrected chi connectivity index (χ4v) is 5.40. The van der Waals surface area contributed by atoms with Crippen LogP contribution >= 0.6 is 11.3 Å². The Balaban J connectivity index is 1.58. The van der Waals surface area contributed by atoms with Crippen molar-refractivity contribution in [2.45, 2.75) is 31.1 Å². The first-order valence-corrected chi connectivity index (χ1v) is 11.5. The highest BCUT2D eigenvalue weighted by molar-refractivity contribution is 7.88. The van der Waals surface area contributed by atoms with Gasteiger partial charge >= 0.3 is 0 Å². The van der Waals surface area contributed by atoms with E-state index in [1.807, 2.05) is 0 Å². The second-order valence-electron chi connectivity index (χ2n) is 7.06. The highest BCUT2D eigenvalue weighted by Crippen LogP contribution is 2.35. The average molecular weight is 387 g/mol. The van der Waals surface area contributed by atoms with Crippen LogP contribution in [0.5, 0.6) is 0 Å². The molecule has 25 heavy (non-hydrogen) atoms. The van der Waals surface area contributed by atoms with Gasteiger partial charge < -0.3 is 10.1 Å². The molecule has 2 aliphatic heterocycles. The molecule has 1 amide bonds. The molecule has 0 spiro atoms. The number of carbonyl (C=O) groups is 1. The average Bonchev–Trinajstić information content (AvgIpc) is 3.15. The Kier molecular flexibility index (Phi) is 5.82. The Morgan fingerprint density at radius 2 is 2.04 bits per heavy atom. The first kappa shape index (κ1) is 18.8. The van der Waals surface area contributed by atoms with E-state index < -0.39 is 10.0 Å². The Morgan fingerprint density at radius 1 is 1.36 bits per heavy atom. The van der Waals surface area contributed by atoms with Crippen LogP contribution < -0.4 is 5.32 Å². The summed E-state index contributed by atoms with van der Waals surface area (Å²) >= 11 is 1.68. The van der Waals surface area contributed by atoms with Gasteiger partial charge in [-0.2, -0.15) is 11.3 Å². The number of hydrogen-bond acceptors (Lipinski definition) is 5. The molecule has 0 radical (unpaired) electrons. The number of nitrogens with one attached hydrogen (secondary N) is 1. The zero-order valence-corrected chi connectivity index (χ0v) is 16.2. The molecule has 0 unspecified atom stereocenters. The van der Waals surface area contributed by atoms with E-state index in [4.69, 9.17) is 4.74 Å². The van der Waals surface area contributed by atoms with E-state index in [1.165, 1.54) is 16.1 Å². The van der Waals surface area contributed by atoms with Crippen LogP contribution in [-0.2, 0) is 25.0 Å². The van der Waals surface area contributed by atoms with Crippen molar-refractivity contribution in [1.29, 1.82) is 0 Å². The van der Waals surface area contributed by atoms with Crippen molar-refractivity contribution in [3.8, 4) is 0 Å². The Bertz CT molecular complexity index is 674. The van der Waals surface area contributed by atoms with Crippen LogP contribution in [-0.4, -0.2) is 57.7 Å². The highest BCUT2D eigenvalue weighted by Gasteiger charge is 2.36. The summed E-state index contributed by atoms with van der Waals surface area (Å²) in [5.74, 6) is -0.0494. The van der Waals surface area contributed by atoms with Gasteiger partial charge in [-0.1, -0.05) is 0 Å². The second-order valence-corrected chi connectivity index (χ2v) is 9.82. The maximum absolute atomic E-state index is 12.6. The number of carbonyl (C=O) groups excluding carboxylic acids is 1. The number of thiophene rings is 1. The minimum Gasteiger partial charge on any atom is -0.381 e. The fourth-order valence-electron chi connectivity index (χ4n) is 3.75. The summed E-state index contributed by atoms with van der Waals surface area (Å²) in [6, 6.07) is 2.15. The molecule has 6 nitrogen and oxygen atoms in total. The van der Waals surface area contributed by atoms with Crippen molar-refractivity contribution in [1.82, 2.24) is 9.62 Å². The van der Waals surface area contributed by atoms with Crippen molar-refractivity contribution in [3.05, 3.63) is 22.4 Å². The summed E-state index contributed by atoms with van der Waals surface area (Å²) < 4.78 is 30.1. The number of amides is 1. The fraction of sp³-hybridized carbons (Fsp3) is 0.706. The Labute approximate surface area is 153 Å². The molecular formula is C17H26N2O4S2. The van der Waals surface area contributed by atoms with Crippen LogP contribution in [0.15, 0.2) is 16.8 Å². The summed E-state index contributed by atoms with van der Waals surface area (Å²) in [6.45, 7) is 2.93. The minimum atomic E-state index is -3.15. The van der Waals surface area contributed by atoms with Gasteiger partial charge in [-0.3, -0.25) is 4.79 Å². The van der Waals surface area contributed by atoms with Crippen molar-refractivity contribution < 1.29 is 17.9 Å². The molecule has 1 N–H and O–H groups in total. The number of nitrogens with zero attached hydrogens (tertiary/aromatic N) is 1. The maximum Gasteiger partial charge on any atom is 0.223 e. The molecule has 1 aromatic heterocycles. The number of sulfonamides is 1. The minimum absolute atomic E-state index is 0.0403. The summed E-state index contributed by atoms with van der Waals surface area (Å²) in [5.41, 5.74) is 1.24. The van der Waals surface area contributed by atoms with Crippen molar-refractivity contribution in [3.63, 3.8) is 0 Å². The molecule has 0 aliphatic carbocycles. The molecule has 0 aromatic carbocycles. The lowest BCUT2D eigenvalue weighted by atomic mass is 9.75. The quantitative estimate of drug-likeness (QED) is 0.834. The molecule has 2 fully saturated rings. The Hall–Kier alpha value is -0.960. The molecule has 0 bridgehead atoms. The lowest BCUT2D eigenvalue weighted by Crippen LogP contribution is -2.48. The SMILES string of the molecule is CS(=O)(=O)N1CCC(C(=O)NCC2(c3ccsc3)CCOCC2)CC1. The van der Waals surface area contributed by atoms with E-state index in [1.54, 1.807) is 11.3 Å². The first-order chi connectivity index (χ1) is 11.9. The monoisotopic (exact) mass is 386 g/mol. The normalized spacial score (nSPS) is 22.6. The number of piperidine rings is 1. The van der Waals surface area contributed by atoms with Crippen molar-refractivity contribution >= 4 is 27.3 Å². The van der Waals surface area contributed by atoms with Gasteiger partial charge in [0.25, 0.3) is 0 Å². The third-order valence-electron chi connectivity index (χ3n) is 5.48. The van der Waals surface area contributed by atoms with Crippen molar-refractivity contribution in [2.24, 2.45) is 5.92 Å². The van der Waals surface area contributed by atoms with Gasteiger partial charge in [-0.25, -0.2) is 12.7 Å². The number of hydrogen-bond donors (Lipinski definition) is 1. The second kappa shape index (κ2) is 7.73. The van der Waals surface area contributed by atoms with E-state index >= 15 is 0 Å². The van der Waals surface area contributed by atoms with Crippen molar-refractivity contribution in [2.75, 3.05) is 39.1 Å². The molecule has 3 rings (SSSR count). The zero-order chi connectivity index (χ0) is 17.9. The number of rotatable bonds is 5. The lowest BCUT2D eigenvalue weighted by Gasteiger charge is -2.38. The predicted octanol–water partition coefficient (Wildman–Crippen LogP) is 1.58. The molecule has 3 heterocycles. The van der Waals surface area contributed by atoms with Gasteiger partial charge in [0.1, 0.15) is 0 Å². The third-order valence-corrected chi connectivity index (χ3v) is 7.46. The van der Waals surface area contributed by atoms with Crippen LogP contribution in [0, 0.1) is 5.92 Å². The van der Waals surface area contributed by atoms with Crippen LogP contribution in [0.25, 0.3) is 0 Å². The summed E-state index contributed by atoms with van der Waals surface area (Å²) in [6.07, 6.45) is 4.23. The summed E-state index contributed by atoms with van der Waals surface area (Å²) in [5, 5.41) is 7.39. The van der Waals surface area contributed by atoms with Crippen LogP contribution in [0.4, 0.5) is 0 Å². The molecule has 8 heteroatoms. The van der Waals surface area contributed by atoms with Gasteiger partial charge in [0.15, 0.2) is 0 Å². The van der Waals surface area contributed by atoms with E-state index in [0.717, 1.165) is 26.1 Å². The topological polar surface area (TPSA) is 75.7 Å². The summed E-state index contributed by atoms with van der Waals surface area (Å²) in [7, 11) is -3.15. The van der Waals surface area contributed by atoms with Gasteiger partial charge in [0.05, 0.1) is 6.26 Å². The first-order valence-electron chi connectivity index (χ1n) is 8.74. The van der Waals surface area contributed by atoms with Crippen LogP contribution in [0.1, 0.15) is 31.2 Å². The molecule has 140 valence electrons. The van der Waals surface area contributed by atoms with Gasteiger partial charge in [0.2, 0.25) is 15.9 Å². The number of ether oxygens (including phenoxy) is 1. The standard InChI is InChI=1S/C17H26N2O4S2/c1-25(21,22)19-7-2-14(3-8-19)16(20)18-13-17(5-9-23-10-6-17)15-4-11-24-12-15/h4,11-12,14H,2-3,5-10,13H2,1H3,(H,18,20). The Morgan fingerprint density at radius 3 is 2.60 bits per heavy atom. The zero-order valence-electron chi connectivity index (χ0n) is 14.6. The molecule has 2 saturated heterocycles. The van der Waals surface area contributed by atoms with E-state index in [9.17, 15) is 13.2 Å². The summed E-state index contributed by atoms with van der Waals surface area (Å²) in [4.78, 5) is 12.6. The molecule has 0 saturated carbocycles. The van der Waals surface area contributed by atoms with Crippen LogP contribution in [0.3, 0.4) is 0 Å². The van der Waals surface area contributed by atoms with E-state index in [0.29, 0.717) is 32.5 Å². The molecule has 2 aliphatic rings. The van der Waals surface area contributed by atoms with Gasteiger partial charge in [-0.15, -0.1) is 0 Å². The lowest BCUT2D eigenvalue weighted by molar-refractivity contribution is -0.126. The van der Waals surface area contributed by atoms with Crippen LogP contribution in [0.2, 0.25) is 0 Å². The van der Waals surface area contributed by atoms with Gasteiger partial charge in [0, 0.05) is 44.2 Å². The third kappa shape index (κ3) is 4.42. The highest BCUT2D eigenvalue weighted by atomic mass is 32.2. The van der Waals surface area contributed by atoms with Gasteiger partial charge in [-0.05, 0) is 48.1 Å². The van der Waals surface area contributed by atoms with E-state index in [2.05, 4.69) is 22.1 Å². The molecule has 1 aromatic rings. The maximum atomic E-state index is 12.6. The smallest absolute Gasteiger partial charge is 0.223 e. The largest absolute Gasteiger partial charge is 0.381 e. The molecular weight excluding hydrogens is 360 g/mol. The predicted molar refractivity (Wildman–Crippen MR) is 98.2 cm³/mol. The molecule has 0 atom stereocenters.